The van der Waals surface area contributed by atoms with Crippen LogP contribution in [0.3, 0.4) is 0 Å². The third-order valence-corrected chi connectivity index (χ3v) is 2.63. The van der Waals surface area contributed by atoms with Crippen LogP contribution in [-0.2, 0) is 14.3 Å². The Bertz CT molecular complexity index is 240. The van der Waals surface area contributed by atoms with Gasteiger partial charge in [-0.3, -0.25) is 4.79 Å². The van der Waals surface area contributed by atoms with E-state index in [1.807, 2.05) is 6.92 Å². The average molecular weight is 199 g/mol. The fraction of sp³-hybridized carbons (Fsp3) is 0.800. The van der Waals surface area contributed by atoms with Crippen LogP contribution < -0.4 is 0 Å². The average Bonchev–Trinajstić information content (AvgIpc) is 2.47. The van der Waals surface area contributed by atoms with Gasteiger partial charge in [0.15, 0.2) is 0 Å². The van der Waals surface area contributed by atoms with Gasteiger partial charge in [0, 0.05) is 13.5 Å². The number of rotatable bonds is 2. The van der Waals surface area contributed by atoms with Gasteiger partial charge in [-0.1, -0.05) is 6.92 Å². The standard InChI is InChI=1S/C10H17NO3/c1-4-14-10(13)9-7(2)5-6-11(9)8(3)12/h7,9H,4-6H2,1-3H3/t7-,9+/m1/s1. The summed E-state index contributed by atoms with van der Waals surface area (Å²) in [5.41, 5.74) is 0. The van der Waals surface area contributed by atoms with Crippen molar-refractivity contribution in [2.45, 2.75) is 33.2 Å². The number of esters is 1. The van der Waals surface area contributed by atoms with Crippen molar-refractivity contribution >= 4 is 11.9 Å². The second-order valence-corrected chi connectivity index (χ2v) is 3.68. The maximum atomic E-state index is 11.6. The predicted molar refractivity (Wildman–Crippen MR) is 51.6 cm³/mol. The quantitative estimate of drug-likeness (QED) is 0.618. The highest BCUT2D eigenvalue weighted by Crippen LogP contribution is 2.24. The molecule has 0 radical (unpaired) electrons. The molecule has 0 aliphatic carbocycles. The van der Waals surface area contributed by atoms with E-state index in [9.17, 15) is 9.59 Å². The van der Waals surface area contributed by atoms with Crippen molar-refractivity contribution in [3.05, 3.63) is 0 Å². The molecule has 4 heteroatoms. The molecule has 1 saturated heterocycles. The monoisotopic (exact) mass is 199 g/mol. The Morgan fingerprint density at radius 2 is 2.14 bits per heavy atom. The third-order valence-electron chi connectivity index (χ3n) is 2.63. The molecular weight excluding hydrogens is 182 g/mol. The van der Waals surface area contributed by atoms with Crippen molar-refractivity contribution in [1.29, 1.82) is 0 Å². The second kappa shape index (κ2) is 4.44. The smallest absolute Gasteiger partial charge is 0.329 e. The van der Waals surface area contributed by atoms with Gasteiger partial charge in [0.25, 0.3) is 0 Å². The Morgan fingerprint density at radius 1 is 1.50 bits per heavy atom. The molecular formula is C10H17NO3. The van der Waals surface area contributed by atoms with Crippen LogP contribution in [-0.4, -0.2) is 36.0 Å². The molecule has 0 saturated carbocycles. The number of likely N-dealkylation sites (tertiary alicyclic amines) is 1. The largest absolute Gasteiger partial charge is 0.464 e. The fourth-order valence-electron chi connectivity index (χ4n) is 1.89. The van der Waals surface area contributed by atoms with E-state index in [-0.39, 0.29) is 23.8 Å². The first-order valence-electron chi connectivity index (χ1n) is 5.01. The minimum atomic E-state index is -0.368. The molecule has 0 bridgehead atoms. The van der Waals surface area contributed by atoms with Gasteiger partial charge in [-0.2, -0.15) is 0 Å². The van der Waals surface area contributed by atoms with Crippen molar-refractivity contribution in [3.8, 4) is 0 Å². The van der Waals surface area contributed by atoms with Crippen LogP contribution in [0.25, 0.3) is 0 Å². The second-order valence-electron chi connectivity index (χ2n) is 3.68. The molecule has 0 aromatic rings. The van der Waals surface area contributed by atoms with E-state index >= 15 is 0 Å². The summed E-state index contributed by atoms with van der Waals surface area (Å²) in [7, 11) is 0. The fourth-order valence-corrected chi connectivity index (χ4v) is 1.89. The summed E-state index contributed by atoms with van der Waals surface area (Å²) < 4.78 is 4.94. The maximum absolute atomic E-state index is 11.6. The van der Waals surface area contributed by atoms with Gasteiger partial charge in [-0.05, 0) is 19.3 Å². The lowest BCUT2D eigenvalue weighted by Gasteiger charge is -2.23. The zero-order valence-corrected chi connectivity index (χ0v) is 8.95. The SMILES string of the molecule is CCOC(=O)[C@@H]1[C@H](C)CCN1C(C)=O. The minimum Gasteiger partial charge on any atom is -0.464 e. The highest BCUT2D eigenvalue weighted by Gasteiger charge is 2.38. The van der Waals surface area contributed by atoms with E-state index in [0.29, 0.717) is 13.2 Å². The topological polar surface area (TPSA) is 46.6 Å². The van der Waals surface area contributed by atoms with Crippen LogP contribution in [0.1, 0.15) is 27.2 Å². The number of hydrogen-bond donors (Lipinski definition) is 0. The first kappa shape index (κ1) is 11.0. The van der Waals surface area contributed by atoms with Crippen LogP contribution >= 0.6 is 0 Å². The van der Waals surface area contributed by atoms with Crippen molar-refractivity contribution in [1.82, 2.24) is 4.90 Å². The summed E-state index contributed by atoms with van der Waals surface area (Å²) in [4.78, 5) is 24.4. The number of carbonyl (C=O) groups is 2. The molecule has 2 atom stereocenters. The summed E-state index contributed by atoms with van der Waals surface area (Å²) in [6.07, 6.45) is 0.878. The van der Waals surface area contributed by atoms with E-state index in [1.54, 1.807) is 11.8 Å². The van der Waals surface area contributed by atoms with Gasteiger partial charge < -0.3 is 9.64 Å². The summed E-state index contributed by atoms with van der Waals surface area (Å²) in [5.74, 6) is -0.113. The number of carbonyl (C=O) groups excluding carboxylic acids is 2. The molecule has 4 nitrogen and oxygen atoms in total. The first-order valence-corrected chi connectivity index (χ1v) is 5.01. The highest BCUT2D eigenvalue weighted by atomic mass is 16.5. The summed E-state index contributed by atoms with van der Waals surface area (Å²) in [6, 6.07) is -0.368. The van der Waals surface area contributed by atoms with Gasteiger partial charge in [-0.25, -0.2) is 4.79 Å². The predicted octanol–water partition coefficient (Wildman–Crippen LogP) is 0.806. The van der Waals surface area contributed by atoms with Gasteiger partial charge in [0.1, 0.15) is 6.04 Å². The van der Waals surface area contributed by atoms with Crippen LogP contribution in [0.2, 0.25) is 0 Å². The maximum Gasteiger partial charge on any atom is 0.329 e. The Kier molecular flexibility index (Phi) is 3.49. The number of amides is 1. The Hall–Kier alpha value is -1.06. The van der Waals surface area contributed by atoms with Crippen LogP contribution in [0.15, 0.2) is 0 Å². The Balaban J connectivity index is 2.71. The lowest BCUT2D eigenvalue weighted by molar-refractivity contribution is -0.153. The number of hydrogen-bond acceptors (Lipinski definition) is 3. The molecule has 0 N–H and O–H groups in total. The molecule has 0 unspecified atom stereocenters. The van der Waals surface area contributed by atoms with Gasteiger partial charge in [0.05, 0.1) is 6.61 Å². The lowest BCUT2D eigenvalue weighted by atomic mass is 10.0. The van der Waals surface area contributed by atoms with Gasteiger partial charge in [0.2, 0.25) is 5.91 Å². The third kappa shape index (κ3) is 2.05. The molecule has 80 valence electrons. The van der Waals surface area contributed by atoms with Crippen LogP contribution in [0.5, 0.6) is 0 Å². The van der Waals surface area contributed by atoms with Crippen molar-refractivity contribution < 1.29 is 14.3 Å². The zero-order valence-electron chi connectivity index (χ0n) is 8.95. The summed E-state index contributed by atoms with van der Waals surface area (Å²) in [6.45, 7) is 6.28. The Morgan fingerprint density at radius 3 is 2.64 bits per heavy atom. The summed E-state index contributed by atoms with van der Waals surface area (Å²) >= 11 is 0. The van der Waals surface area contributed by atoms with Crippen LogP contribution in [0.4, 0.5) is 0 Å². The molecule has 1 heterocycles. The molecule has 1 aliphatic rings. The van der Waals surface area contributed by atoms with E-state index in [2.05, 4.69) is 0 Å². The normalized spacial score (nSPS) is 26.4. The van der Waals surface area contributed by atoms with E-state index in [0.717, 1.165) is 6.42 Å². The van der Waals surface area contributed by atoms with Crippen molar-refractivity contribution in [2.24, 2.45) is 5.92 Å². The molecule has 1 aliphatic heterocycles. The van der Waals surface area contributed by atoms with Gasteiger partial charge in [-0.15, -0.1) is 0 Å². The Labute approximate surface area is 84.2 Å². The molecule has 1 fully saturated rings. The molecule has 1 rings (SSSR count). The number of nitrogens with zero attached hydrogens (tertiary/aromatic N) is 1. The van der Waals surface area contributed by atoms with Crippen molar-refractivity contribution in [3.63, 3.8) is 0 Å². The van der Waals surface area contributed by atoms with E-state index < -0.39 is 0 Å². The first-order chi connectivity index (χ1) is 6.57. The number of ether oxygens (including phenoxy) is 1. The molecule has 0 aromatic heterocycles. The summed E-state index contributed by atoms with van der Waals surface area (Å²) in [5, 5.41) is 0. The van der Waals surface area contributed by atoms with Crippen molar-refractivity contribution in [2.75, 3.05) is 13.2 Å². The molecule has 1 amide bonds. The van der Waals surface area contributed by atoms with Gasteiger partial charge >= 0.3 is 5.97 Å². The molecule has 14 heavy (non-hydrogen) atoms. The lowest BCUT2D eigenvalue weighted by Crippen LogP contribution is -2.42. The molecule has 0 spiro atoms. The zero-order chi connectivity index (χ0) is 10.7. The van der Waals surface area contributed by atoms with Crippen LogP contribution in [0, 0.1) is 5.92 Å². The highest BCUT2D eigenvalue weighted by molar-refractivity contribution is 5.84. The van der Waals surface area contributed by atoms with E-state index in [4.69, 9.17) is 4.74 Å². The van der Waals surface area contributed by atoms with E-state index in [1.165, 1.54) is 6.92 Å². The minimum absolute atomic E-state index is 0.0487. The molecule has 0 aromatic carbocycles.